The Morgan fingerprint density at radius 2 is 2.24 bits per heavy atom. The Morgan fingerprint density at radius 1 is 1.35 bits per heavy atom. The zero-order valence-corrected chi connectivity index (χ0v) is 9.09. The minimum absolute atomic E-state index is 0.295. The molecule has 0 saturated carbocycles. The predicted octanol–water partition coefficient (Wildman–Crippen LogP) is 1.66. The Bertz CT molecular complexity index is 494. The van der Waals surface area contributed by atoms with E-state index in [1.165, 1.54) is 0 Å². The monoisotopic (exact) mass is 232 g/mol. The van der Waals surface area contributed by atoms with Crippen LogP contribution in [0.3, 0.4) is 0 Å². The molecule has 0 aliphatic heterocycles. The van der Waals surface area contributed by atoms with Gasteiger partial charge in [-0.3, -0.25) is 0 Å². The lowest BCUT2D eigenvalue weighted by Gasteiger charge is -2.03. The summed E-state index contributed by atoms with van der Waals surface area (Å²) in [6.45, 7) is 1.15. The van der Waals surface area contributed by atoms with Crippen LogP contribution in [0.2, 0.25) is 0 Å². The molecule has 88 valence electrons. The smallest absolute Gasteiger partial charge is 0.335 e. The quantitative estimate of drug-likeness (QED) is 0.820. The number of aromatic nitrogens is 1. The first kappa shape index (κ1) is 11.3. The number of carbonyl (C=O) groups is 1. The van der Waals surface area contributed by atoms with Crippen molar-refractivity contribution in [1.29, 1.82) is 0 Å². The van der Waals surface area contributed by atoms with Gasteiger partial charge in [0.05, 0.1) is 18.3 Å². The van der Waals surface area contributed by atoms with Gasteiger partial charge in [0.2, 0.25) is 0 Å². The first-order valence-corrected chi connectivity index (χ1v) is 5.18. The van der Waals surface area contributed by atoms with Gasteiger partial charge in [0, 0.05) is 12.6 Å². The van der Waals surface area contributed by atoms with Gasteiger partial charge >= 0.3 is 5.97 Å². The molecule has 0 atom stereocenters. The number of carboxylic acids is 1. The van der Waals surface area contributed by atoms with E-state index in [1.807, 2.05) is 6.07 Å². The van der Waals surface area contributed by atoms with Crippen molar-refractivity contribution in [3.63, 3.8) is 0 Å². The number of benzene rings is 1. The van der Waals surface area contributed by atoms with Gasteiger partial charge in [-0.25, -0.2) is 4.79 Å². The fourth-order valence-electron chi connectivity index (χ4n) is 1.48. The largest absolute Gasteiger partial charge is 0.478 e. The molecular formula is C12H12N2O3. The molecule has 0 saturated heterocycles. The van der Waals surface area contributed by atoms with Crippen LogP contribution < -0.4 is 5.32 Å². The average molecular weight is 232 g/mol. The molecule has 1 heterocycles. The fourth-order valence-corrected chi connectivity index (χ4v) is 1.48. The lowest BCUT2D eigenvalue weighted by molar-refractivity contribution is 0.0696. The maximum atomic E-state index is 10.8. The molecule has 2 aromatic rings. The van der Waals surface area contributed by atoms with E-state index in [0.717, 1.165) is 11.3 Å². The molecule has 0 fully saturated rings. The topological polar surface area (TPSA) is 75.4 Å². The van der Waals surface area contributed by atoms with Gasteiger partial charge in [0.1, 0.15) is 5.76 Å². The molecule has 17 heavy (non-hydrogen) atoms. The minimum atomic E-state index is -0.915. The number of hydrogen-bond donors (Lipinski definition) is 2. The van der Waals surface area contributed by atoms with Gasteiger partial charge in [-0.2, -0.15) is 0 Å². The SMILES string of the molecule is O=C(O)c1cccc(CNCc2ccno2)c1. The van der Waals surface area contributed by atoms with E-state index in [0.29, 0.717) is 18.7 Å². The molecule has 1 aromatic carbocycles. The molecular weight excluding hydrogens is 220 g/mol. The van der Waals surface area contributed by atoms with Gasteiger partial charge < -0.3 is 14.9 Å². The number of nitrogens with one attached hydrogen (secondary N) is 1. The van der Waals surface area contributed by atoms with Crippen LogP contribution in [0.25, 0.3) is 0 Å². The van der Waals surface area contributed by atoms with E-state index in [1.54, 1.807) is 30.5 Å². The van der Waals surface area contributed by atoms with Gasteiger partial charge in [-0.15, -0.1) is 0 Å². The van der Waals surface area contributed by atoms with Gasteiger partial charge in [-0.05, 0) is 17.7 Å². The second-order valence-corrected chi connectivity index (χ2v) is 3.59. The highest BCUT2D eigenvalue weighted by Crippen LogP contribution is 2.05. The van der Waals surface area contributed by atoms with Crippen LogP contribution in [-0.2, 0) is 13.1 Å². The summed E-state index contributed by atoms with van der Waals surface area (Å²) in [5.41, 5.74) is 1.22. The molecule has 5 nitrogen and oxygen atoms in total. The van der Waals surface area contributed by atoms with Crippen LogP contribution in [0.15, 0.2) is 41.1 Å². The van der Waals surface area contributed by atoms with Crippen LogP contribution in [0.4, 0.5) is 0 Å². The summed E-state index contributed by atoms with van der Waals surface area (Å²) in [5.74, 6) is -0.165. The van der Waals surface area contributed by atoms with Gasteiger partial charge in [0.25, 0.3) is 0 Å². The van der Waals surface area contributed by atoms with Gasteiger partial charge in [0.15, 0.2) is 0 Å². The number of aromatic carboxylic acids is 1. The molecule has 0 bridgehead atoms. The van der Waals surface area contributed by atoms with Crippen molar-refractivity contribution >= 4 is 5.97 Å². The van der Waals surface area contributed by atoms with E-state index >= 15 is 0 Å². The summed E-state index contributed by atoms with van der Waals surface area (Å²) in [4.78, 5) is 10.8. The summed E-state index contributed by atoms with van der Waals surface area (Å²) in [6, 6.07) is 8.60. The lowest BCUT2D eigenvalue weighted by Crippen LogP contribution is -2.12. The highest BCUT2D eigenvalue weighted by molar-refractivity contribution is 5.87. The van der Waals surface area contributed by atoms with E-state index in [-0.39, 0.29) is 0 Å². The Labute approximate surface area is 98.1 Å². The van der Waals surface area contributed by atoms with Crippen molar-refractivity contribution in [2.45, 2.75) is 13.1 Å². The predicted molar refractivity (Wildman–Crippen MR) is 60.4 cm³/mol. The molecule has 0 spiro atoms. The maximum absolute atomic E-state index is 10.8. The summed E-state index contributed by atoms with van der Waals surface area (Å²) in [6.07, 6.45) is 1.59. The van der Waals surface area contributed by atoms with E-state index < -0.39 is 5.97 Å². The highest BCUT2D eigenvalue weighted by Gasteiger charge is 2.03. The molecule has 0 amide bonds. The van der Waals surface area contributed by atoms with Crippen molar-refractivity contribution in [3.8, 4) is 0 Å². The number of rotatable bonds is 5. The number of carboxylic acid groups (broad SMARTS) is 1. The molecule has 0 radical (unpaired) electrons. The van der Waals surface area contributed by atoms with Crippen molar-refractivity contribution in [3.05, 3.63) is 53.4 Å². The van der Waals surface area contributed by atoms with E-state index in [4.69, 9.17) is 9.63 Å². The second kappa shape index (κ2) is 5.27. The Balaban J connectivity index is 1.90. The fraction of sp³-hybridized carbons (Fsp3) is 0.167. The molecule has 0 unspecified atom stereocenters. The standard InChI is InChI=1S/C12H12N2O3/c15-12(16)10-3-1-2-9(6-10)7-13-8-11-4-5-14-17-11/h1-6,13H,7-8H2,(H,15,16). The normalized spacial score (nSPS) is 10.4. The van der Waals surface area contributed by atoms with Crippen LogP contribution in [0.5, 0.6) is 0 Å². The van der Waals surface area contributed by atoms with Crippen LogP contribution >= 0.6 is 0 Å². The van der Waals surface area contributed by atoms with Crippen LogP contribution in [0.1, 0.15) is 21.7 Å². The molecule has 2 rings (SSSR count). The third-order valence-corrected chi connectivity index (χ3v) is 2.29. The van der Waals surface area contributed by atoms with Crippen LogP contribution in [-0.4, -0.2) is 16.2 Å². The maximum Gasteiger partial charge on any atom is 0.335 e. The zero-order valence-electron chi connectivity index (χ0n) is 9.09. The summed E-state index contributed by atoms with van der Waals surface area (Å²) < 4.78 is 4.93. The first-order valence-electron chi connectivity index (χ1n) is 5.18. The first-order chi connectivity index (χ1) is 8.25. The minimum Gasteiger partial charge on any atom is -0.478 e. The van der Waals surface area contributed by atoms with E-state index in [2.05, 4.69) is 10.5 Å². The van der Waals surface area contributed by atoms with E-state index in [9.17, 15) is 4.79 Å². The molecule has 5 heteroatoms. The van der Waals surface area contributed by atoms with Crippen molar-refractivity contribution < 1.29 is 14.4 Å². The van der Waals surface area contributed by atoms with Crippen molar-refractivity contribution in [1.82, 2.24) is 10.5 Å². The lowest BCUT2D eigenvalue weighted by atomic mass is 10.1. The Morgan fingerprint density at radius 3 is 2.94 bits per heavy atom. The Hall–Kier alpha value is -2.14. The van der Waals surface area contributed by atoms with Gasteiger partial charge in [-0.1, -0.05) is 17.3 Å². The van der Waals surface area contributed by atoms with Crippen molar-refractivity contribution in [2.24, 2.45) is 0 Å². The molecule has 2 N–H and O–H groups in total. The third-order valence-electron chi connectivity index (χ3n) is 2.29. The Kier molecular flexibility index (Phi) is 3.52. The highest BCUT2D eigenvalue weighted by atomic mass is 16.5. The van der Waals surface area contributed by atoms with Crippen LogP contribution in [0, 0.1) is 0 Å². The summed E-state index contributed by atoms with van der Waals surface area (Å²) >= 11 is 0. The average Bonchev–Trinajstić information content (AvgIpc) is 2.82. The molecule has 1 aromatic heterocycles. The zero-order chi connectivity index (χ0) is 12.1. The number of nitrogens with zero attached hydrogens (tertiary/aromatic N) is 1. The third kappa shape index (κ3) is 3.15. The molecule has 0 aliphatic carbocycles. The summed E-state index contributed by atoms with van der Waals surface area (Å²) in [5, 5.41) is 15.6. The molecule has 0 aliphatic rings. The van der Waals surface area contributed by atoms with Crippen molar-refractivity contribution in [2.75, 3.05) is 0 Å². The summed E-state index contributed by atoms with van der Waals surface area (Å²) in [7, 11) is 0. The second-order valence-electron chi connectivity index (χ2n) is 3.59. The number of hydrogen-bond acceptors (Lipinski definition) is 4.